The van der Waals surface area contributed by atoms with Gasteiger partial charge in [-0.15, -0.1) is 18.2 Å². The summed E-state index contributed by atoms with van der Waals surface area (Å²) < 4.78 is 10.4. The number of rotatable bonds is 8. The van der Waals surface area contributed by atoms with Crippen LogP contribution in [-0.2, 0) is 33.1 Å². The summed E-state index contributed by atoms with van der Waals surface area (Å²) in [5.41, 5.74) is 15.2. The Morgan fingerprint density at radius 3 is 2.19 bits per heavy atom. The maximum Gasteiger partial charge on any atom is 0.216 e. The molecule has 0 aliphatic heterocycles. The van der Waals surface area contributed by atoms with Crippen LogP contribution < -0.4 is 4.40 Å². The maximum absolute atomic E-state index is 6.58. The van der Waals surface area contributed by atoms with E-state index in [0.717, 1.165) is 84.3 Å². The third kappa shape index (κ3) is 9.13. The molecule has 5 heterocycles. The summed E-state index contributed by atoms with van der Waals surface area (Å²) >= 11 is -1.91. The van der Waals surface area contributed by atoms with Crippen molar-refractivity contribution in [2.45, 2.75) is 64.9 Å². The Kier molecular flexibility index (Phi) is 12.9. The van der Waals surface area contributed by atoms with Crippen LogP contribution in [0.1, 0.15) is 41.8 Å². The summed E-state index contributed by atoms with van der Waals surface area (Å²) in [6, 6.07) is 55.3. The van der Waals surface area contributed by atoms with Gasteiger partial charge in [-0.2, -0.15) is 0 Å². The van der Waals surface area contributed by atoms with Crippen LogP contribution in [0.3, 0.4) is 0 Å². The molecule has 0 atom stereocenters. The maximum atomic E-state index is 6.58. The third-order valence-electron chi connectivity index (χ3n) is 12.5. The topological polar surface area (TPSA) is 69.6 Å². The third-order valence-corrected chi connectivity index (χ3v) is 16.9. The van der Waals surface area contributed by atoms with Crippen molar-refractivity contribution in [1.82, 2.24) is 24.5 Å². The van der Waals surface area contributed by atoms with E-state index in [1.807, 2.05) is 19.1 Å². The second kappa shape index (κ2) is 18.8. The molecular weight excluding hydrogens is 1060 g/mol. The number of imidazole rings is 1. The van der Waals surface area contributed by atoms with Crippen LogP contribution in [0.2, 0.25) is 17.3 Å². The van der Waals surface area contributed by atoms with Gasteiger partial charge < -0.3 is 8.98 Å². The fourth-order valence-electron chi connectivity index (χ4n) is 9.36. The smallest absolute Gasteiger partial charge is 0.216 e. The molecule has 0 unspecified atom stereocenters. The van der Waals surface area contributed by atoms with E-state index >= 15 is 0 Å². The van der Waals surface area contributed by atoms with E-state index in [9.17, 15) is 0 Å². The molecule has 0 saturated carbocycles. The standard InChI is InChI=1S/C37H27N4O.C22H26GeN.Ir/c1-22-9-7-10-23(2)32(22)30-20-18-28-27-13-8-14-29(35(27)42-37(28)40-30)36-39-31-19-17-26-16-15-24(3)38-33(26)34(31)41(36)21-25-11-5-4-6-12-25;1-16(2)12-20-14-22(24-15-21(20)23(3,4)5)19-11-10-17-8-6-7-9-18(17)13-19;/h4-13,15-20H,21H2,1-3H3;6-10,13-16H,12H2,1-5H3;/q2*-1;. The van der Waals surface area contributed by atoms with Crippen LogP contribution in [0.5, 0.6) is 0 Å². The van der Waals surface area contributed by atoms with Crippen LogP contribution in [0.15, 0.2) is 150 Å². The van der Waals surface area contributed by atoms with Gasteiger partial charge in [0, 0.05) is 48.7 Å². The van der Waals surface area contributed by atoms with Gasteiger partial charge in [0.2, 0.25) is 5.71 Å². The molecule has 67 heavy (non-hydrogen) atoms. The first-order valence-electron chi connectivity index (χ1n) is 22.9. The van der Waals surface area contributed by atoms with E-state index in [-0.39, 0.29) is 20.1 Å². The number of aromatic nitrogens is 5. The van der Waals surface area contributed by atoms with Gasteiger partial charge in [-0.25, -0.2) is 4.98 Å². The fraction of sp³-hybridized carbons (Fsp3) is 0.186. The van der Waals surface area contributed by atoms with Gasteiger partial charge in [0.05, 0.1) is 33.7 Å². The minimum absolute atomic E-state index is 0. The van der Waals surface area contributed by atoms with Crippen molar-refractivity contribution in [2.75, 3.05) is 0 Å². The van der Waals surface area contributed by atoms with Crippen molar-refractivity contribution < 1.29 is 24.5 Å². The molecule has 0 saturated heterocycles. The van der Waals surface area contributed by atoms with E-state index in [4.69, 9.17) is 24.4 Å². The quantitative estimate of drug-likeness (QED) is 0.112. The monoisotopic (exact) mass is 1110 g/mol. The molecule has 6 aromatic carbocycles. The number of benzene rings is 6. The zero-order valence-electron chi connectivity index (χ0n) is 39.3. The van der Waals surface area contributed by atoms with Crippen molar-refractivity contribution in [3.8, 4) is 33.9 Å². The fourth-order valence-corrected chi connectivity index (χ4v) is 12.7. The average molecular weight is 1110 g/mol. The van der Waals surface area contributed by atoms with Crippen LogP contribution in [0.4, 0.5) is 0 Å². The number of nitrogens with zero attached hydrogens (tertiary/aromatic N) is 5. The van der Waals surface area contributed by atoms with Gasteiger partial charge in [-0.3, -0.25) is 9.97 Å². The van der Waals surface area contributed by atoms with E-state index in [1.54, 1.807) is 0 Å². The Morgan fingerprint density at radius 2 is 1.43 bits per heavy atom. The second-order valence-electron chi connectivity index (χ2n) is 19.0. The van der Waals surface area contributed by atoms with Gasteiger partial charge in [0.25, 0.3) is 0 Å². The number of pyridine rings is 3. The van der Waals surface area contributed by atoms with E-state index < -0.39 is 13.3 Å². The van der Waals surface area contributed by atoms with Crippen LogP contribution in [0.25, 0.3) is 88.7 Å². The molecule has 5 aromatic heterocycles. The van der Waals surface area contributed by atoms with Gasteiger partial charge in [-0.05, 0) is 61.7 Å². The van der Waals surface area contributed by atoms with Crippen LogP contribution in [0, 0.1) is 38.8 Å². The molecule has 1 radical (unpaired) electrons. The number of hydrogen-bond acceptors (Lipinski definition) is 5. The number of furan rings is 1. The summed E-state index contributed by atoms with van der Waals surface area (Å²) in [6.07, 6.45) is 3.27. The largest absolute Gasteiger partial charge is 0.486 e. The average Bonchev–Trinajstić information content (AvgIpc) is 3.87. The van der Waals surface area contributed by atoms with E-state index in [2.05, 4.69) is 195 Å². The van der Waals surface area contributed by atoms with E-state index in [1.165, 1.54) is 37.4 Å². The molecule has 0 aliphatic rings. The normalized spacial score (nSPS) is 11.7. The first-order chi connectivity index (χ1) is 31.9. The predicted octanol–water partition coefficient (Wildman–Crippen LogP) is 14.4. The van der Waals surface area contributed by atoms with Crippen LogP contribution >= 0.6 is 0 Å². The summed E-state index contributed by atoms with van der Waals surface area (Å²) in [6.45, 7) is 11.5. The summed E-state index contributed by atoms with van der Waals surface area (Å²) in [4.78, 5) is 19.9. The molecular formula is C59H53GeIrN5O-2. The van der Waals surface area contributed by atoms with Crippen molar-refractivity contribution >= 4 is 72.4 Å². The Hall–Kier alpha value is -6.25. The van der Waals surface area contributed by atoms with Crippen molar-refractivity contribution in [1.29, 1.82) is 0 Å². The molecule has 0 fully saturated rings. The molecule has 6 nitrogen and oxygen atoms in total. The molecule has 8 heteroatoms. The van der Waals surface area contributed by atoms with Gasteiger partial charge in [0.15, 0.2) is 0 Å². The first kappa shape index (κ1) is 45.9. The van der Waals surface area contributed by atoms with E-state index in [0.29, 0.717) is 18.2 Å². The number of hydrogen-bond donors (Lipinski definition) is 0. The summed E-state index contributed by atoms with van der Waals surface area (Å²) in [5.74, 6) is 8.79. The number of fused-ring (bicyclic) bond motifs is 7. The molecule has 335 valence electrons. The number of aryl methyl sites for hydroxylation is 3. The molecule has 0 N–H and O–H groups in total. The summed E-state index contributed by atoms with van der Waals surface area (Å²) in [7, 11) is 0. The van der Waals surface area contributed by atoms with Gasteiger partial charge in [-0.1, -0.05) is 71.6 Å². The van der Waals surface area contributed by atoms with Crippen molar-refractivity contribution in [3.63, 3.8) is 0 Å². The minimum atomic E-state index is -1.91. The zero-order valence-corrected chi connectivity index (χ0v) is 43.8. The Bertz CT molecular complexity index is 3590. The molecule has 0 aliphatic carbocycles. The molecule has 11 rings (SSSR count). The predicted molar refractivity (Wildman–Crippen MR) is 277 cm³/mol. The second-order valence-corrected chi connectivity index (χ2v) is 29.6. The first-order valence-corrected chi connectivity index (χ1v) is 30.3. The summed E-state index contributed by atoms with van der Waals surface area (Å²) in [5, 5.41) is 5.53. The Morgan fingerprint density at radius 1 is 0.687 bits per heavy atom. The molecule has 0 bridgehead atoms. The Balaban J connectivity index is 0.000000192. The molecule has 0 spiro atoms. The van der Waals surface area contributed by atoms with Crippen molar-refractivity contribution in [2.24, 2.45) is 5.92 Å². The molecule has 11 aromatic rings. The van der Waals surface area contributed by atoms with Gasteiger partial charge >= 0.3 is 148 Å². The van der Waals surface area contributed by atoms with Gasteiger partial charge in [0.1, 0.15) is 0 Å². The van der Waals surface area contributed by atoms with Crippen LogP contribution in [-0.4, -0.2) is 37.8 Å². The molecule has 0 amide bonds. The van der Waals surface area contributed by atoms with Crippen molar-refractivity contribution in [3.05, 3.63) is 186 Å². The minimum Gasteiger partial charge on any atom is -0.486 e. The SMILES string of the molecule is CC(C)Cc1cc(-c2[c-]cc3ccccc3c2)nc[c]1[Ge]([CH3])([CH3])[CH3].Cc1ccc2ccc3nc(-c4[c-]ccc5c4oc4nc(-c6c(C)cccc6C)ccc45)n(Cc4ccccc4)c3c2n1.[Ir]. The zero-order chi connectivity index (χ0) is 45.7. The Labute approximate surface area is 409 Å².